The van der Waals surface area contributed by atoms with Gasteiger partial charge in [0.2, 0.25) is 0 Å². The summed E-state index contributed by atoms with van der Waals surface area (Å²) in [5.74, 6) is 1.64. The molecule has 21 heavy (non-hydrogen) atoms. The monoisotopic (exact) mass is 283 g/mol. The van der Waals surface area contributed by atoms with Crippen LogP contribution in [0.2, 0.25) is 0 Å². The van der Waals surface area contributed by atoms with E-state index in [0.29, 0.717) is 0 Å². The third-order valence-electron chi connectivity index (χ3n) is 4.74. The first-order chi connectivity index (χ1) is 10.4. The molecule has 0 aliphatic carbocycles. The van der Waals surface area contributed by atoms with Gasteiger partial charge in [-0.1, -0.05) is 6.07 Å². The second kappa shape index (κ2) is 5.62. The largest absolute Gasteiger partial charge is 0.472 e. The van der Waals surface area contributed by atoms with Crippen molar-refractivity contribution in [2.45, 2.75) is 13.1 Å². The number of nitrogens with zero attached hydrogens (tertiary/aromatic N) is 3. The van der Waals surface area contributed by atoms with Crippen molar-refractivity contribution in [3.63, 3.8) is 0 Å². The first-order valence-electron chi connectivity index (χ1n) is 7.72. The zero-order valence-electron chi connectivity index (χ0n) is 12.2. The Bertz CT molecular complexity index is 555. The summed E-state index contributed by atoms with van der Waals surface area (Å²) in [6, 6.07) is 8.25. The van der Waals surface area contributed by atoms with Gasteiger partial charge >= 0.3 is 0 Å². The van der Waals surface area contributed by atoms with Crippen LogP contribution in [0.4, 0.5) is 0 Å². The van der Waals surface area contributed by atoms with E-state index in [4.69, 9.17) is 4.42 Å². The summed E-state index contributed by atoms with van der Waals surface area (Å²) in [7, 11) is 0. The molecule has 110 valence electrons. The van der Waals surface area contributed by atoms with E-state index in [-0.39, 0.29) is 0 Å². The molecule has 2 saturated heterocycles. The number of fused-ring (bicyclic) bond motifs is 1. The Balaban J connectivity index is 1.31. The maximum absolute atomic E-state index is 5.16. The molecule has 2 aromatic heterocycles. The van der Waals surface area contributed by atoms with Crippen LogP contribution in [0.5, 0.6) is 0 Å². The molecule has 0 amide bonds. The minimum absolute atomic E-state index is 0.820. The summed E-state index contributed by atoms with van der Waals surface area (Å²) in [5.41, 5.74) is 2.48. The van der Waals surface area contributed by atoms with Crippen molar-refractivity contribution in [2.75, 3.05) is 26.2 Å². The summed E-state index contributed by atoms with van der Waals surface area (Å²) < 4.78 is 5.16. The molecule has 0 spiro atoms. The maximum Gasteiger partial charge on any atom is 0.0947 e. The molecule has 4 rings (SSSR count). The van der Waals surface area contributed by atoms with Crippen molar-refractivity contribution in [3.8, 4) is 0 Å². The van der Waals surface area contributed by atoms with Gasteiger partial charge in [0.1, 0.15) is 0 Å². The number of rotatable bonds is 4. The highest BCUT2D eigenvalue weighted by Crippen LogP contribution is 2.32. The SMILES string of the molecule is c1ccc(CN2C[C@H]3CN(Cc4ccoc4)C[C@@H]3C2)nc1. The van der Waals surface area contributed by atoms with E-state index in [1.165, 1.54) is 37.4 Å². The predicted octanol–water partition coefficient (Wildman–Crippen LogP) is 2.24. The Hall–Kier alpha value is -1.65. The van der Waals surface area contributed by atoms with Gasteiger partial charge in [0.25, 0.3) is 0 Å². The van der Waals surface area contributed by atoms with E-state index in [1.54, 1.807) is 6.26 Å². The molecule has 0 unspecified atom stereocenters. The minimum Gasteiger partial charge on any atom is -0.472 e. The summed E-state index contributed by atoms with van der Waals surface area (Å²) in [5, 5.41) is 0. The number of likely N-dealkylation sites (tertiary alicyclic amines) is 2. The van der Waals surface area contributed by atoms with Gasteiger partial charge < -0.3 is 4.42 Å². The van der Waals surface area contributed by atoms with Gasteiger partial charge in [0, 0.05) is 51.0 Å². The van der Waals surface area contributed by atoms with Crippen LogP contribution in [0.15, 0.2) is 47.4 Å². The minimum atomic E-state index is 0.820. The zero-order chi connectivity index (χ0) is 14.1. The second-order valence-corrected chi connectivity index (χ2v) is 6.36. The van der Waals surface area contributed by atoms with E-state index in [1.807, 2.05) is 18.5 Å². The molecule has 2 aromatic rings. The molecule has 4 heteroatoms. The predicted molar refractivity (Wildman–Crippen MR) is 80.5 cm³/mol. The highest BCUT2D eigenvalue weighted by atomic mass is 16.3. The first-order valence-corrected chi connectivity index (χ1v) is 7.72. The van der Waals surface area contributed by atoms with Gasteiger partial charge in [-0.15, -0.1) is 0 Å². The molecular formula is C17H21N3O. The van der Waals surface area contributed by atoms with Crippen molar-refractivity contribution in [3.05, 3.63) is 54.2 Å². The zero-order valence-corrected chi connectivity index (χ0v) is 12.2. The fraction of sp³-hybridized carbons (Fsp3) is 0.471. The number of furan rings is 1. The van der Waals surface area contributed by atoms with Crippen molar-refractivity contribution >= 4 is 0 Å². The lowest BCUT2D eigenvalue weighted by Gasteiger charge is -2.20. The Morgan fingerprint density at radius 2 is 1.76 bits per heavy atom. The van der Waals surface area contributed by atoms with Gasteiger partial charge in [-0.05, 0) is 30.0 Å². The fourth-order valence-electron chi connectivity index (χ4n) is 3.81. The van der Waals surface area contributed by atoms with Gasteiger partial charge in [-0.3, -0.25) is 14.8 Å². The van der Waals surface area contributed by atoms with Crippen LogP contribution in [-0.2, 0) is 13.1 Å². The molecule has 0 N–H and O–H groups in total. The Morgan fingerprint density at radius 3 is 2.38 bits per heavy atom. The van der Waals surface area contributed by atoms with E-state index in [9.17, 15) is 0 Å². The summed E-state index contributed by atoms with van der Waals surface area (Å²) in [6.45, 7) is 6.88. The van der Waals surface area contributed by atoms with Crippen molar-refractivity contribution in [1.82, 2.24) is 14.8 Å². The Labute approximate surface area is 125 Å². The lowest BCUT2D eigenvalue weighted by molar-refractivity contribution is 0.244. The van der Waals surface area contributed by atoms with Gasteiger partial charge in [0.05, 0.1) is 18.2 Å². The molecular weight excluding hydrogens is 262 g/mol. The van der Waals surface area contributed by atoms with Gasteiger partial charge in [-0.2, -0.15) is 0 Å². The van der Waals surface area contributed by atoms with Crippen LogP contribution in [0, 0.1) is 11.8 Å². The van der Waals surface area contributed by atoms with E-state index in [2.05, 4.69) is 33.0 Å². The lowest BCUT2D eigenvalue weighted by Crippen LogP contribution is -2.28. The second-order valence-electron chi connectivity index (χ2n) is 6.36. The number of hydrogen-bond acceptors (Lipinski definition) is 4. The van der Waals surface area contributed by atoms with E-state index < -0.39 is 0 Å². The molecule has 0 bridgehead atoms. The molecule has 4 nitrogen and oxygen atoms in total. The average Bonchev–Trinajstić information content (AvgIpc) is 3.17. The summed E-state index contributed by atoms with van der Waals surface area (Å²) in [6.07, 6.45) is 5.52. The normalized spacial score (nSPS) is 26.3. The number of hydrogen-bond donors (Lipinski definition) is 0. The van der Waals surface area contributed by atoms with E-state index >= 15 is 0 Å². The standard InChI is InChI=1S/C17H21N3O/c1-2-5-18-17(3-1)12-20-10-15-8-19(9-16(15)11-20)7-14-4-6-21-13-14/h1-6,13,15-16H,7-12H2/t15-,16-/m1/s1. The van der Waals surface area contributed by atoms with E-state index in [0.717, 1.165) is 24.9 Å². The van der Waals surface area contributed by atoms with Crippen molar-refractivity contribution < 1.29 is 4.42 Å². The molecule has 2 aliphatic heterocycles. The van der Waals surface area contributed by atoms with Crippen LogP contribution in [0.3, 0.4) is 0 Å². The Morgan fingerprint density at radius 1 is 1.00 bits per heavy atom. The summed E-state index contributed by atoms with van der Waals surface area (Å²) >= 11 is 0. The van der Waals surface area contributed by atoms with Crippen LogP contribution >= 0.6 is 0 Å². The molecule has 2 aliphatic rings. The number of aromatic nitrogens is 1. The summed E-state index contributed by atoms with van der Waals surface area (Å²) in [4.78, 5) is 9.57. The molecule has 2 atom stereocenters. The van der Waals surface area contributed by atoms with Crippen LogP contribution in [-0.4, -0.2) is 41.0 Å². The topological polar surface area (TPSA) is 32.5 Å². The third kappa shape index (κ3) is 2.87. The molecule has 2 fully saturated rings. The fourth-order valence-corrected chi connectivity index (χ4v) is 3.81. The smallest absolute Gasteiger partial charge is 0.0947 e. The molecule has 0 radical (unpaired) electrons. The lowest BCUT2D eigenvalue weighted by atomic mass is 10.0. The van der Waals surface area contributed by atoms with Crippen molar-refractivity contribution in [1.29, 1.82) is 0 Å². The van der Waals surface area contributed by atoms with Crippen LogP contribution < -0.4 is 0 Å². The van der Waals surface area contributed by atoms with Gasteiger partial charge in [-0.25, -0.2) is 0 Å². The van der Waals surface area contributed by atoms with Crippen LogP contribution in [0.25, 0.3) is 0 Å². The third-order valence-corrected chi connectivity index (χ3v) is 4.74. The molecule has 0 saturated carbocycles. The van der Waals surface area contributed by atoms with Crippen LogP contribution in [0.1, 0.15) is 11.3 Å². The average molecular weight is 283 g/mol. The maximum atomic E-state index is 5.16. The quantitative estimate of drug-likeness (QED) is 0.861. The first kappa shape index (κ1) is 13.0. The van der Waals surface area contributed by atoms with Crippen molar-refractivity contribution in [2.24, 2.45) is 11.8 Å². The van der Waals surface area contributed by atoms with Gasteiger partial charge in [0.15, 0.2) is 0 Å². The number of pyridine rings is 1. The molecule has 4 heterocycles. The highest BCUT2D eigenvalue weighted by Gasteiger charge is 2.39. The molecule has 0 aromatic carbocycles. The Kier molecular flexibility index (Phi) is 3.49. The highest BCUT2D eigenvalue weighted by molar-refractivity contribution is 5.07.